The monoisotopic (exact) mass is 552 g/mol. The van der Waals surface area contributed by atoms with E-state index in [1.807, 2.05) is 25.7 Å². The maximum absolute atomic E-state index is 13.1. The Morgan fingerprint density at radius 1 is 1.28 bits per heavy atom. The molecule has 1 heterocycles. The molecular weight excluding hydrogens is 516 g/mol. The molecule has 2 aliphatic carbocycles. The number of nitrogens with zero attached hydrogens (tertiary/aromatic N) is 2. The summed E-state index contributed by atoms with van der Waals surface area (Å²) in [6, 6.07) is 6.22. The molecule has 0 aliphatic heterocycles. The second-order valence-corrected chi connectivity index (χ2v) is 14.4. The topological polar surface area (TPSA) is 87.6 Å². The van der Waals surface area contributed by atoms with Gasteiger partial charge in [0.15, 0.2) is 9.84 Å². The molecule has 1 aromatic heterocycles. The van der Waals surface area contributed by atoms with Crippen molar-refractivity contribution < 1.29 is 18.3 Å². The van der Waals surface area contributed by atoms with Gasteiger partial charge in [0.25, 0.3) is 0 Å². The summed E-state index contributed by atoms with van der Waals surface area (Å²) in [5, 5.41) is 12.7. The molecular formula is C27H37ClN2O4S2. The molecule has 6 atom stereocenters. The Bertz CT molecular complexity index is 1210. The third-order valence-electron chi connectivity index (χ3n) is 8.56. The summed E-state index contributed by atoms with van der Waals surface area (Å²) in [4.78, 5) is 21.1. The van der Waals surface area contributed by atoms with Gasteiger partial charge in [0.05, 0.1) is 16.7 Å². The van der Waals surface area contributed by atoms with Gasteiger partial charge in [-0.3, -0.25) is 4.79 Å². The van der Waals surface area contributed by atoms with Gasteiger partial charge in [-0.1, -0.05) is 32.4 Å². The highest BCUT2D eigenvalue weighted by Gasteiger charge is 2.54. The van der Waals surface area contributed by atoms with Crippen LogP contribution in [0.15, 0.2) is 29.2 Å². The van der Waals surface area contributed by atoms with Crippen molar-refractivity contribution >= 4 is 38.7 Å². The van der Waals surface area contributed by atoms with Gasteiger partial charge in [-0.2, -0.15) is 0 Å². The summed E-state index contributed by atoms with van der Waals surface area (Å²) in [5.41, 5.74) is 0.797. The molecule has 1 N–H and O–H groups in total. The van der Waals surface area contributed by atoms with Gasteiger partial charge in [-0.05, 0) is 74.6 Å². The number of hydrogen-bond donors (Lipinski definition) is 1. The van der Waals surface area contributed by atoms with E-state index in [0.717, 1.165) is 29.8 Å². The number of thiazole rings is 1. The van der Waals surface area contributed by atoms with E-state index in [1.165, 1.54) is 23.5 Å². The van der Waals surface area contributed by atoms with Gasteiger partial charge in [0.2, 0.25) is 5.91 Å². The van der Waals surface area contributed by atoms with Gasteiger partial charge in [-0.15, -0.1) is 11.3 Å². The zero-order valence-electron chi connectivity index (χ0n) is 21.7. The van der Waals surface area contributed by atoms with Crippen LogP contribution in [0.5, 0.6) is 0 Å². The van der Waals surface area contributed by atoms with Crippen LogP contribution in [-0.4, -0.2) is 48.5 Å². The maximum Gasteiger partial charge on any atom is 0.225 e. The van der Waals surface area contributed by atoms with Crippen molar-refractivity contribution in [1.82, 2.24) is 9.88 Å². The lowest BCUT2D eigenvalue weighted by molar-refractivity contribution is -0.144. The van der Waals surface area contributed by atoms with E-state index >= 15 is 0 Å². The third-order valence-corrected chi connectivity index (χ3v) is 11.7. The molecule has 1 saturated carbocycles. The number of aliphatic hydroxyl groups excluding tert-OH is 1. The Balaban J connectivity index is 1.58. The Hall–Kier alpha value is -1.48. The van der Waals surface area contributed by atoms with E-state index in [2.05, 4.69) is 13.8 Å². The van der Waals surface area contributed by atoms with Crippen LogP contribution >= 0.6 is 22.9 Å². The molecule has 1 unspecified atom stereocenters. The Kier molecular flexibility index (Phi) is 7.92. The predicted molar refractivity (Wildman–Crippen MR) is 144 cm³/mol. The van der Waals surface area contributed by atoms with Crippen LogP contribution < -0.4 is 0 Å². The lowest BCUT2D eigenvalue weighted by Gasteiger charge is -2.53. The quantitative estimate of drug-likeness (QED) is 0.502. The number of hydrogen-bond acceptors (Lipinski definition) is 6. The van der Waals surface area contributed by atoms with Crippen LogP contribution in [0.25, 0.3) is 0 Å². The molecule has 1 fully saturated rings. The number of aromatic nitrogens is 1. The van der Waals surface area contributed by atoms with Crippen LogP contribution in [0.2, 0.25) is 5.02 Å². The van der Waals surface area contributed by atoms with Crippen molar-refractivity contribution in [2.24, 2.45) is 23.2 Å². The highest BCUT2D eigenvalue weighted by atomic mass is 35.5. The van der Waals surface area contributed by atoms with Crippen molar-refractivity contribution in [3.8, 4) is 0 Å². The van der Waals surface area contributed by atoms with E-state index in [-0.39, 0.29) is 45.6 Å². The lowest BCUT2D eigenvalue weighted by Crippen LogP contribution is -2.53. The first-order chi connectivity index (χ1) is 16.9. The molecule has 6 nitrogen and oxygen atoms in total. The number of carbonyl (C=O) groups excluding carboxylic acids is 1. The highest BCUT2D eigenvalue weighted by Crippen LogP contribution is 2.57. The average Bonchev–Trinajstić information content (AvgIpc) is 3.20. The first-order valence-electron chi connectivity index (χ1n) is 12.9. The largest absolute Gasteiger partial charge is 0.392 e. The van der Waals surface area contributed by atoms with E-state index in [4.69, 9.17) is 16.6 Å². The van der Waals surface area contributed by atoms with Crippen molar-refractivity contribution in [2.45, 2.75) is 76.6 Å². The summed E-state index contributed by atoms with van der Waals surface area (Å²) >= 11 is 7.40. The SMILES string of the molecule is CCN(CC)C(=O)[C@@H](C)C1CC[C@@]2(C)Cc3sc(CS(=O)(=O)c4ccc(Cl)cc4)nc3[C@@H](C)[C@@H]2[C@H]1O. The molecule has 1 amide bonds. The molecule has 4 rings (SSSR count). The summed E-state index contributed by atoms with van der Waals surface area (Å²) in [7, 11) is -3.54. The fourth-order valence-electron chi connectivity index (χ4n) is 6.55. The predicted octanol–water partition coefficient (Wildman–Crippen LogP) is 5.33. The zero-order valence-corrected chi connectivity index (χ0v) is 24.1. The summed E-state index contributed by atoms with van der Waals surface area (Å²) in [6.07, 6.45) is 1.90. The second kappa shape index (κ2) is 10.4. The van der Waals surface area contributed by atoms with E-state index in [1.54, 1.807) is 12.1 Å². The van der Waals surface area contributed by atoms with Gasteiger partial charge in [0.1, 0.15) is 10.8 Å². The first-order valence-corrected chi connectivity index (χ1v) is 15.7. The van der Waals surface area contributed by atoms with Crippen molar-refractivity contribution in [1.29, 1.82) is 0 Å². The van der Waals surface area contributed by atoms with E-state index in [9.17, 15) is 18.3 Å². The van der Waals surface area contributed by atoms with Gasteiger partial charge >= 0.3 is 0 Å². The molecule has 0 bridgehead atoms. The summed E-state index contributed by atoms with van der Waals surface area (Å²) < 4.78 is 26.0. The van der Waals surface area contributed by atoms with Crippen LogP contribution in [0, 0.1) is 23.2 Å². The normalized spacial score (nSPS) is 28.8. The summed E-state index contributed by atoms with van der Waals surface area (Å²) in [5.74, 6) is -0.424. The molecule has 1 aromatic carbocycles. The number of rotatable bonds is 7. The Morgan fingerprint density at radius 2 is 1.92 bits per heavy atom. The molecule has 0 radical (unpaired) electrons. The molecule has 2 aromatic rings. The van der Waals surface area contributed by atoms with Crippen molar-refractivity contribution in [3.05, 3.63) is 44.9 Å². The smallest absolute Gasteiger partial charge is 0.225 e. The summed E-state index contributed by atoms with van der Waals surface area (Å²) in [6.45, 7) is 11.6. The molecule has 198 valence electrons. The average molecular weight is 553 g/mol. The number of fused-ring (bicyclic) bond motifs is 2. The lowest BCUT2D eigenvalue weighted by atomic mass is 9.53. The van der Waals surface area contributed by atoms with Crippen LogP contribution in [-0.2, 0) is 26.8 Å². The highest BCUT2D eigenvalue weighted by molar-refractivity contribution is 7.90. The number of sulfone groups is 1. The number of benzene rings is 1. The van der Waals surface area contributed by atoms with Gasteiger partial charge in [0, 0.05) is 34.8 Å². The minimum atomic E-state index is -3.54. The number of amides is 1. The third kappa shape index (κ3) is 4.98. The molecule has 9 heteroatoms. The second-order valence-electron chi connectivity index (χ2n) is 10.8. The van der Waals surface area contributed by atoms with E-state index in [0.29, 0.717) is 23.1 Å². The fourth-order valence-corrected chi connectivity index (χ4v) is 9.65. The van der Waals surface area contributed by atoms with Crippen LogP contribution in [0.4, 0.5) is 0 Å². The molecule has 0 spiro atoms. The molecule has 2 aliphatic rings. The molecule has 0 saturated heterocycles. The van der Waals surface area contributed by atoms with E-state index < -0.39 is 15.9 Å². The minimum absolute atomic E-state index is 0.0180. The number of carbonyl (C=O) groups is 1. The van der Waals surface area contributed by atoms with Gasteiger partial charge in [-0.25, -0.2) is 13.4 Å². The first kappa shape index (κ1) is 27.6. The zero-order chi connectivity index (χ0) is 26.4. The van der Waals surface area contributed by atoms with Crippen LogP contribution in [0.3, 0.4) is 0 Å². The standard InChI is InChI=1S/C27H37ClN2O4S2/c1-6-30(7-2)26(32)16(3)20-12-13-27(5)14-21-24(17(4)23(27)25(20)31)29-22(35-21)15-36(33,34)19-10-8-18(28)9-11-19/h8-11,16-17,20,23,25,31H,6-7,12-15H2,1-5H3/t16-,17-,20?,23+,25-,27-/m0/s1. The number of aliphatic hydroxyl groups is 1. The number of halogens is 1. The molecule has 36 heavy (non-hydrogen) atoms. The fraction of sp³-hybridized carbons (Fsp3) is 0.630. The Labute approximate surface area is 224 Å². The van der Waals surface area contributed by atoms with Crippen LogP contribution in [0.1, 0.15) is 69.0 Å². The minimum Gasteiger partial charge on any atom is -0.392 e. The maximum atomic E-state index is 13.1. The van der Waals surface area contributed by atoms with Crippen molar-refractivity contribution in [2.75, 3.05) is 13.1 Å². The Morgan fingerprint density at radius 3 is 2.53 bits per heavy atom. The van der Waals surface area contributed by atoms with Gasteiger partial charge < -0.3 is 10.0 Å². The van der Waals surface area contributed by atoms with Crippen molar-refractivity contribution in [3.63, 3.8) is 0 Å².